The molecule has 1 radical (unpaired) electrons. The summed E-state index contributed by atoms with van der Waals surface area (Å²) >= 11 is 1.77. The summed E-state index contributed by atoms with van der Waals surface area (Å²) in [6.45, 7) is 1.06. The van der Waals surface area contributed by atoms with Gasteiger partial charge in [0.05, 0.1) is 6.42 Å². The molecule has 0 saturated carbocycles. The molecule has 1 N–H and O–H groups in total. The van der Waals surface area contributed by atoms with Crippen LogP contribution in [0.2, 0.25) is 0 Å². The van der Waals surface area contributed by atoms with E-state index in [1.165, 1.54) is 0 Å². The lowest BCUT2D eigenvalue weighted by molar-refractivity contribution is -0.117. The van der Waals surface area contributed by atoms with Crippen molar-refractivity contribution < 1.29 is 4.79 Å². The highest BCUT2D eigenvalue weighted by atomic mass is 32.2. The van der Waals surface area contributed by atoms with E-state index in [0.29, 0.717) is 0 Å². The molecule has 0 unspecified atom stereocenters. The molecule has 0 bridgehead atoms. The highest BCUT2D eigenvalue weighted by Crippen LogP contribution is 2.00. The zero-order chi connectivity index (χ0) is 9.40. The van der Waals surface area contributed by atoms with E-state index in [9.17, 15) is 4.79 Å². The lowest BCUT2D eigenvalue weighted by Gasteiger charge is -2.07. The second-order valence-electron chi connectivity index (χ2n) is 2.70. The summed E-state index contributed by atoms with van der Waals surface area (Å²) in [6.07, 6.45) is 1.67. The quantitative estimate of drug-likeness (QED) is 0.607. The van der Waals surface area contributed by atoms with E-state index in [4.69, 9.17) is 0 Å². The van der Waals surface area contributed by atoms with E-state index in [0.717, 1.165) is 18.1 Å². The third-order valence-corrected chi connectivity index (χ3v) is 2.19. The molecule has 0 rings (SSSR count). The molecule has 0 spiro atoms. The van der Waals surface area contributed by atoms with Crippen LogP contribution in [0.1, 0.15) is 0 Å². The van der Waals surface area contributed by atoms with E-state index in [1.54, 1.807) is 25.2 Å². The van der Waals surface area contributed by atoms with Gasteiger partial charge in [0.25, 0.3) is 0 Å². The van der Waals surface area contributed by atoms with Crippen molar-refractivity contribution >= 4 is 17.7 Å². The van der Waals surface area contributed by atoms with Crippen LogP contribution < -0.4 is 5.32 Å². The maximum absolute atomic E-state index is 10.7. The van der Waals surface area contributed by atoms with E-state index in [1.807, 2.05) is 14.1 Å². The number of nitrogens with zero attached hydrogens (tertiary/aromatic N) is 1. The Bertz CT molecular complexity index is 128. The van der Waals surface area contributed by atoms with Gasteiger partial charge in [-0.05, 0) is 14.1 Å². The first-order chi connectivity index (χ1) is 5.66. The number of thioether (sulfide) groups is 1. The van der Waals surface area contributed by atoms with Gasteiger partial charge in [0.15, 0.2) is 0 Å². The summed E-state index contributed by atoms with van der Waals surface area (Å²) < 4.78 is 0. The number of carbonyl (C=O) groups excluding carboxylic acids is 1. The zero-order valence-corrected chi connectivity index (χ0v) is 8.78. The highest BCUT2D eigenvalue weighted by molar-refractivity contribution is 7.99. The highest BCUT2D eigenvalue weighted by Gasteiger charge is 1.97. The molecular weight excluding hydrogens is 172 g/mol. The van der Waals surface area contributed by atoms with Crippen LogP contribution in [0, 0.1) is 6.42 Å². The van der Waals surface area contributed by atoms with Crippen molar-refractivity contribution in [3.05, 3.63) is 6.42 Å². The summed E-state index contributed by atoms with van der Waals surface area (Å²) in [5, 5.41) is 2.55. The lowest BCUT2D eigenvalue weighted by Crippen LogP contribution is -2.19. The van der Waals surface area contributed by atoms with E-state index in [-0.39, 0.29) is 5.91 Å². The fourth-order valence-corrected chi connectivity index (χ4v) is 1.50. The van der Waals surface area contributed by atoms with Gasteiger partial charge in [-0.3, -0.25) is 4.79 Å². The molecule has 0 fully saturated rings. The summed E-state index contributed by atoms with van der Waals surface area (Å²) in [6, 6.07) is 0. The molecular formula is C8H17N2OS. The molecule has 3 nitrogen and oxygen atoms in total. The van der Waals surface area contributed by atoms with Crippen molar-refractivity contribution in [2.45, 2.75) is 0 Å². The number of amides is 1. The molecule has 0 aliphatic rings. The van der Waals surface area contributed by atoms with Gasteiger partial charge in [0, 0.05) is 25.1 Å². The van der Waals surface area contributed by atoms with Crippen LogP contribution in [-0.2, 0) is 4.79 Å². The molecule has 71 valence electrons. The Kier molecular flexibility index (Phi) is 7.29. The maximum atomic E-state index is 10.7. The molecule has 0 aliphatic heterocycles. The first-order valence-electron chi connectivity index (χ1n) is 3.94. The first kappa shape index (κ1) is 11.8. The molecule has 0 aromatic rings. The fourth-order valence-electron chi connectivity index (χ4n) is 0.567. The Hall–Kier alpha value is -0.220. The second kappa shape index (κ2) is 7.43. The van der Waals surface area contributed by atoms with Gasteiger partial charge in [-0.2, -0.15) is 11.8 Å². The zero-order valence-electron chi connectivity index (χ0n) is 7.96. The monoisotopic (exact) mass is 189 g/mol. The molecule has 4 heteroatoms. The van der Waals surface area contributed by atoms with Crippen LogP contribution >= 0.6 is 11.8 Å². The van der Waals surface area contributed by atoms with Crippen molar-refractivity contribution in [2.75, 3.05) is 39.2 Å². The topological polar surface area (TPSA) is 32.3 Å². The normalized spacial score (nSPS) is 10.3. The minimum atomic E-state index is 0.00681. The van der Waals surface area contributed by atoms with Gasteiger partial charge in [-0.1, -0.05) is 0 Å². The SMILES string of the molecule is CNC(=O)[CH]CSCCN(C)C. The van der Waals surface area contributed by atoms with Crippen molar-refractivity contribution in [2.24, 2.45) is 0 Å². The largest absolute Gasteiger partial charge is 0.359 e. The van der Waals surface area contributed by atoms with Crippen LogP contribution in [0.25, 0.3) is 0 Å². The number of nitrogens with one attached hydrogen (secondary N) is 1. The van der Waals surface area contributed by atoms with Gasteiger partial charge in [-0.25, -0.2) is 0 Å². The van der Waals surface area contributed by atoms with Crippen LogP contribution in [0.3, 0.4) is 0 Å². The molecule has 0 saturated heterocycles. The smallest absolute Gasteiger partial charge is 0.224 e. The van der Waals surface area contributed by atoms with E-state index >= 15 is 0 Å². The van der Waals surface area contributed by atoms with Crippen molar-refractivity contribution in [1.29, 1.82) is 0 Å². The lowest BCUT2D eigenvalue weighted by atomic mass is 10.5. The van der Waals surface area contributed by atoms with Gasteiger partial charge in [0.2, 0.25) is 5.91 Å². The van der Waals surface area contributed by atoms with Crippen molar-refractivity contribution in [3.8, 4) is 0 Å². The van der Waals surface area contributed by atoms with Crippen LogP contribution in [-0.4, -0.2) is 50.0 Å². The van der Waals surface area contributed by atoms with E-state index < -0.39 is 0 Å². The number of hydrogen-bond acceptors (Lipinski definition) is 3. The van der Waals surface area contributed by atoms with Gasteiger partial charge in [0.1, 0.15) is 0 Å². The van der Waals surface area contributed by atoms with Crippen LogP contribution in [0.4, 0.5) is 0 Å². The summed E-state index contributed by atoms with van der Waals surface area (Å²) in [5.41, 5.74) is 0. The van der Waals surface area contributed by atoms with E-state index in [2.05, 4.69) is 10.2 Å². The van der Waals surface area contributed by atoms with Gasteiger partial charge < -0.3 is 10.2 Å². The third kappa shape index (κ3) is 7.88. The minimum absolute atomic E-state index is 0.00681. The predicted molar refractivity (Wildman–Crippen MR) is 54.2 cm³/mol. The molecule has 0 aromatic carbocycles. The standard InChI is InChI=1S/C8H17N2OS/c1-9-8(11)4-6-12-7-5-10(2)3/h4H,5-7H2,1-3H3,(H,9,11). The van der Waals surface area contributed by atoms with Crippen LogP contribution in [0.15, 0.2) is 0 Å². The Morgan fingerprint density at radius 1 is 1.58 bits per heavy atom. The summed E-state index contributed by atoms with van der Waals surface area (Å²) in [4.78, 5) is 12.9. The maximum Gasteiger partial charge on any atom is 0.224 e. The Labute approximate surface area is 78.9 Å². The molecule has 0 aromatic heterocycles. The van der Waals surface area contributed by atoms with Gasteiger partial charge in [-0.15, -0.1) is 0 Å². The fraction of sp³-hybridized carbons (Fsp3) is 0.750. The third-order valence-electron chi connectivity index (χ3n) is 1.32. The average Bonchev–Trinajstić information content (AvgIpc) is 2.03. The van der Waals surface area contributed by atoms with Crippen molar-refractivity contribution in [1.82, 2.24) is 10.2 Å². The Balaban J connectivity index is 3.05. The molecule has 0 heterocycles. The van der Waals surface area contributed by atoms with Gasteiger partial charge >= 0.3 is 0 Å². The molecule has 0 aliphatic carbocycles. The van der Waals surface area contributed by atoms with Crippen molar-refractivity contribution in [3.63, 3.8) is 0 Å². The Morgan fingerprint density at radius 3 is 2.75 bits per heavy atom. The minimum Gasteiger partial charge on any atom is -0.359 e. The van der Waals surface area contributed by atoms with Crippen LogP contribution in [0.5, 0.6) is 0 Å². The number of hydrogen-bond donors (Lipinski definition) is 1. The summed E-state index contributed by atoms with van der Waals surface area (Å²) in [5.74, 6) is 1.88. The summed E-state index contributed by atoms with van der Waals surface area (Å²) in [7, 11) is 5.73. The Morgan fingerprint density at radius 2 is 2.25 bits per heavy atom. The number of rotatable bonds is 6. The average molecular weight is 189 g/mol. The first-order valence-corrected chi connectivity index (χ1v) is 5.09. The number of carbonyl (C=O) groups is 1. The second-order valence-corrected chi connectivity index (χ2v) is 3.85. The molecule has 0 atom stereocenters. The molecule has 1 amide bonds. The predicted octanol–water partition coefficient (Wildman–Crippen LogP) is 0.231. The molecule has 12 heavy (non-hydrogen) atoms.